The van der Waals surface area contributed by atoms with Crippen LogP contribution >= 0.6 is 0 Å². The Labute approximate surface area is 121 Å². The van der Waals surface area contributed by atoms with Gasteiger partial charge in [0.1, 0.15) is 11.4 Å². The van der Waals surface area contributed by atoms with Gasteiger partial charge in [-0.3, -0.25) is 0 Å². The molecule has 1 heterocycles. The molecule has 0 bridgehead atoms. The molecule has 1 aromatic carbocycles. The van der Waals surface area contributed by atoms with E-state index in [9.17, 15) is 0 Å². The second kappa shape index (κ2) is 5.05. The third-order valence-electron chi connectivity index (χ3n) is 5.06. The van der Waals surface area contributed by atoms with Gasteiger partial charge in [-0.15, -0.1) is 0 Å². The van der Waals surface area contributed by atoms with E-state index in [1.807, 2.05) is 0 Å². The van der Waals surface area contributed by atoms with Gasteiger partial charge in [0.25, 0.3) is 0 Å². The molecule has 1 saturated carbocycles. The summed E-state index contributed by atoms with van der Waals surface area (Å²) in [5.41, 5.74) is 8.56. The summed E-state index contributed by atoms with van der Waals surface area (Å²) in [5, 5.41) is 0. The van der Waals surface area contributed by atoms with Crippen LogP contribution in [0.4, 0.5) is 0 Å². The fourth-order valence-electron chi connectivity index (χ4n) is 3.63. The van der Waals surface area contributed by atoms with E-state index in [4.69, 9.17) is 9.57 Å². The van der Waals surface area contributed by atoms with Gasteiger partial charge >= 0.3 is 0 Å². The molecule has 1 aliphatic heterocycles. The van der Waals surface area contributed by atoms with Crippen LogP contribution in [0.3, 0.4) is 0 Å². The van der Waals surface area contributed by atoms with Crippen LogP contribution < -0.4 is 10.2 Å². The molecule has 3 rings (SSSR count). The molecule has 0 radical (unpaired) electrons. The summed E-state index contributed by atoms with van der Waals surface area (Å²) in [6.45, 7) is 6.57. The first-order chi connectivity index (χ1) is 9.60. The molecular formula is C17H25NO2. The molecule has 1 aliphatic carbocycles. The molecule has 1 aromatic rings. The fraction of sp³-hybridized carbons (Fsp3) is 0.647. The number of hydroxylamine groups is 1. The first-order valence-corrected chi connectivity index (χ1v) is 7.70. The highest BCUT2D eigenvalue weighted by molar-refractivity contribution is 5.53. The molecule has 110 valence electrons. The third-order valence-corrected chi connectivity index (χ3v) is 5.06. The van der Waals surface area contributed by atoms with Gasteiger partial charge in [-0.05, 0) is 56.2 Å². The van der Waals surface area contributed by atoms with Crippen molar-refractivity contribution >= 4 is 0 Å². The van der Waals surface area contributed by atoms with Crippen molar-refractivity contribution in [3.8, 4) is 5.75 Å². The van der Waals surface area contributed by atoms with Crippen molar-refractivity contribution in [3.63, 3.8) is 0 Å². The highest BCUT2D eigenvalue weighted by atomic mass is 16.6. The summed E-state index contributed by atoms with van der Waals surface area (Å²) >= 11 is 0. The summed E-state index contributed by atoms with van der Waals surface area (Å²) in [6.07, 6.45) is 5.66. The molecule has 3 heteroatoms. The first-order valence-electron chi connectivity index (χ1n) is 7.70. The maximum Gasteiger partial charge on any atom is 0.128 e. The quantitative estimate of drug-likeness (QED) is 0.852. The van der Waals surface area contributed by atoms with Crippen molar-refractivity contribution in [2.75, 3.05) is 7.11 Å². The molecule has 2 aliphatic rings. The van der Waals surface area contributed by atoms with E-state index in [1.54, 1.807) is 7.11 Å². The monoisotopic (exact) mass is 275 g/mol. The Morgan fingerprint density at radius 3 is 2.70 bits per heavy atom. The van der Waals surface area contributed by atoms with Crippen LogP contribution in [0.25, 0.3) is 0 Å². The van der Waals surface area contributed by atoms with Crippen molar-refractivity contribution in [3.05, 3.63) is 28.3 Å². The summed E-state index contributed by atoms with van der Waals surface area (Å²) in [7, 11) is 1.70. The third kappa shape index (κ3) is 2.04. The van der Waals surface area contributed by atoms with Gasteiger partial charge < -0.3 is 9.57 Å². The van der Waals surface area contributed by atoms with Crippen LogP contribution in [-0.4, -0.2) is 12.7 Å². The molecule has 1 N–H and O–H groups in total. The van der Waals surface area contributed by atoms with E-state index >= 15 is 0 Å². The standard InChI is InChI=1S/C17H25NO2/c1-5-13-9-11(2)12(3)16-15(13)14(18-19-4)10-17(20-16)7-6-8-17/h9,14,18H,5-8,10H2,1-4H3. The lowest BCUT2D eigenvalue weighted by Crippen LogP contribution is -2.49. The molecule has 3 nitrogen and oxygen atoms in total. The summed E-state index contributed by atoms with van der Waals surface area (Å²) in [5.74, 6) is 1.11. The summed E-state index contributed by atoms with van der Waals surface area (Å²) in [6, 6.07) is 2.55. The predicted octanol–water partition coefficient (Wildman–Crippen LogP) is 3.76. The zero-order chi connectivity index (χ0) is 14.3. The zero-order valence-electron chi connectivity index (χ0n) is 13.0. The minimum atomic E-state index is 0.0484. The molecule has 0 amide bonds. The van der Waals surface area contributed by atoms with Crippen LogP contribution in [0, 0.1) is 13.8 Å². The smallest absolute Gasteiger partial charge is 0.128 e. The average molecular weight is 275 g/mol. The number of hydrogen-bond donors (Lipinski definition) is 1. The minimum Gasteiger partial charge on any atom is -0.487 e. The van der Waals surface area contributed by atoms with Gasteiger partial charge in [0.2, 0.25) is 0 Å². The molecule has 0 aromatic heterocycles. The van der Waals surface area contributed by atoms with Crippen molar-refractivity contribution in [2.45, 2.75) is 64.5 Å². The molecule has 1 unspecified atom stereocenters. The Bertz CT molecular complexity index is 520. The van der Waals surface area contributed by atoms with E-state index in [-0.39, 0.29) is 11.6 Å². The summed E-state index contributed by atoms with van der Waals surface area (Å²) < 4.78 is 6.49. The van der Waals surface area contributed by atoms with Crippen LogP contribution in [0.5, 0.6) is 5.75 Å². The Balaban J connectivity index is 2.12. The van der Waals surface area contributed by atoms with E-state index in [0.717, 1.165) is 18.6 Å². The van der Waals surface area contributed by atoms with Crippen LogP contribution in [0.2, 0.25) is 0 Å². The molecular weight excluding hydrogens is 250 g/mol. The average Bonchev–Trinajstić information content (AvgIpc) is 2.41. The fourth-order valence-corrected chi connectivity index (χ4v) is 3.63. The number of benzene rings is 1. The van der Waals surface area contributed by atoms with Crippen LogP contribution in [-0.2, 0) is 11.3 Å². The van der Waals surface area contributed by atoms with Gasteiger partial charge in [0.05, 0.1) is 13.2 Å². The van der Waals surface area contributed by atoms with Crippen molar-refractivity contribution in [2.24, 2.45) is 0 Å². The Hall–Kier alpha value is -1.06. The number of fused-ring (bicyclic) bond motifs is 1. The van der Waals surface area contributed by atoms with Crippen molar-refractivity contribution in [1.29, 1.82) is 0 Å². The number of aryl methyl sites for hydroxylation is 2. The van der Waals surface area contributed by atoms with Crippen LogP contribution in [0.15, 0.2) is 6.07 Å². The largest absolute Gasteiger partial charge is 0.487 e. The lowest BCUT2D eigenvalue weighted by atomic mass is 9.72. The van der Waals surface area contributed by atoms with Gasteiger partial charge in [-0.1, -0.05) is 13.0 Å². The van der Waals surface area contributed by atoms with E-state index in [1.165, 1.54) is 41.5 Å². The lowest BCUT2D eigenvalue weighted by Gasteiger charge is -2.49. The number of nitrogens with one attached hydrogen (secondary N) is 1. The Morgan fingerprint density at radius 2 is 2.15 bits per heavy atom. The molecule has 0 saturated heterocycles. The van der Waals surface area contributed by atoms with Crippen molar-refractivity contribution in [1.82, 2.24) is 5.48 Å². The molecule has 1 spiro atoms. The normalized spacial score (nSPS) is 23.1. The Morgan fingerprint density at radius 1 is 1.40 bits per heavy atom. The maximum atomic E-state index is 6.49. The maximum absolute atomic E-state index is 6.49. The van der Waals surface area contributed by atoms with E-state index in [0.29, 0.717) is 0 Å². The van der Waals surface area contributed by atoms with Crippen molar-refractivity contribution < 1.29 is 9.57 Å². The minimum absolute atomic E-state index is 0.0484. The summed E-state index contributed by atoms with van der Waals surface area (Å²) in [4.78, 5) is 5.26. The predicted molar refractivity (Wildman–Crippen MR) is 80.0 cm³/mol. The highest BCUT2D eigenvalue weighted by Crippen LogP contribution is 2.51. The van der Waals surface area contributed by atoms with E-state index < -0.39 is 0 Å². The molecule has 1 fully saturated rings. The first kappa shape index (κ1) is 13.9. The van der Waals surface area contributed by atoms with Gasteiger partial charge in [0.15, 0.2) is 0 Å². The van der Waals surface area contributed by atoms with Crippen LogP contribution in [0.1, 0.15) is 60.9 Å². The molecule has 20 heavy (non-hydrogen) atoms. The molecule has 1 atom stereocenters. The van der Waals surface area contributed by atoms with Gasteiger partial charge in [-0.25, -0.2) is 0 Å². The highest BCUT2D eigenvalue weighted by Gasteiger charge is 2.46. The number of rotatable bonds is 3. The SMILES string of the molecule is CCc1cc(C)c(C)c2c1C(NOC)CC1(CCC1)O2. The zero-order valence-corrected chi connectivity index (χ0v) is 13.0. The Kier molecular flexibility index (Phi) is 3.51. The second-order valence-corrected chi connectivity index (χ2v) is 6.29. The van der Waals surface area contributed by atoms with E-state index in [2.05, 4.69) is 32.3 Å². The second-order valence-electron chi connectivity index (χ2n) is 6.29. The van der Waals surface area contributed by atoms with Gasteiger partial charge in [0, 0.05) is 12.0 Å². The lowest BCUT2D eigenvalue weighted by molar-refractivity contribution is -0.0605. The number of ether oxygens (including phenoxy) is 1. The topological polar surface area (TPSA) is 30.5 Å². The number of hydrogen-bond acceptors (Lipinski definition) is 3. The van der Waals surface area contributed by atoms with Gasteiger partial charge in [-0.2, -0.15) is 5.48 Å².